The van der Waals surface area contributed by atoms with Gasteiger partial charge in [0, 0.05) is 39.8 Å². The van der Waals surface area contributed by atoms with Crippen LogP contribution in [0, 0.1) is 0 Å². The first-order valence-corrected chi connectivity index (χ1v) is 9.82. The van der Waals surface area contributed by atoms with Crippen molar-refractivity contribution in [2.45, 2.75) is 38.4 Å². The Labute approximate surface area is 174 Å². The molecule has 0 fully saturated rings. The second kappa shape index (κ2) is 8.62. The van der Waals surface area contributed by atoms with Crippen LogP contribution in [0.4, 0.5) is 13.2 Å². The molecule has 2 N–H and O–H groups in total. The van der Waals surface area contributed by atoms with Crippen molar-refractivity contribution in [1.29, 1.82) is 0 Å². The maximum absolute atomic E-state index is 13.4. The van der Waals surface area contributed by atoms with Crippen LogP contribution in [-0.2, 0) is 6.18 Å². The lowest BCUT2D eigenvalue weighted by Crippen LogP contribution is -2.15. The average molecular weight is 469 g/mol. The van der Waals surface area contributed by atoms with Gasteiger partial charge in [0.1, 0.15) is 11.6 Å². The first-order valence-electron chi connectivity index (χ1n) is 9.03. The SMILES string of the molecule is CC(CCOc1c([C@@H](C)N)cccc1C(F)(F)F)c1ncc2cc(Br)cnc2n1. The highest BCUT2D eigenvalue weighted by Crippen LogP contribution is 2.40. The molecule has 0 aliphatic rings. The fourth-order valence-electron chi connectivity index (χ4n) is 2.91. The molecule has 154 valence electrons. The van der Waals surface area contributed by atoms with Gasteiger partial charge in [-0.3, -0.25) is 0 Å². The number of aromatic nitrogens is 3. The lowest BCUT2D eigenvalue weighted by Gasteiger charge is -2.20. The van der Waals surface area contributed by atoms with Crippen LogP contribution in [0.1, 0.15) is 49.2 Å². The van der Waals surface area contributed by atoms with E-state index >= 15 is 0 Å². The van der Waals surface area contributed by atoms with Gasteiger partial charge in [0.05, 0.1) is 12.2 Å². The fourth-order valence-corrected chi connectivity index (χ4v) is 3.26. The molecule has 0 spiro atoms. The van der Waals surface area contributed by atoms with Gasteiger partial charge in [0.25, 0.3) is 0 Å². The Kier molecular flexibility index (Phi) is 6.38. The standard InChI is InChI=1S/C20H20BrF3N4O/c1-11(18-26-9-13-8-14(21)10-27-19(13)28-18)6-7-29-17-15(12(2)25)4-3-5-16(17)20(22,23)24/h3-5,8-12H,6-7,25H2,1-2H3/t11?,12-/m1/s1. The number of rotatable bonds is 6. The van der Waals surface area contributed by atoms with Crippen molar-refractivity contribution < 1.29 is 17.9 Å². The van der Waals surface area contributed by atoms with E-state index in [4.69, 9.17) is 10.5 Å². The number of halogens is 4. The van der Waals surface area contributed by atoms with Crippen LogP contribution < -0.4 is 10.5 Å². The van der Waals surface area contributed by atoms with Gasteiger partial charge in [-0.2, -0.15) is 13.2 Å². The highest BCUT2D eigenvalue weighted by molar-refractivity contribution is 9.10. The summed E-state index contributed by atoms with van der Waals surface area (Å²) in [5.74, 6) is 0.224. The molecule has 1 aromatic carbocycles. The molecule has 2 heterocycles. The number of para-hydroxylation sites is 1. The molecule has 3 rings (SSSR count). The molecule has 9 heteroatoms. The molecule has 0 aliphatic heterocycles. The number of benzene rings is 1. The van der Waals surface area contributed by atoms with Gasteiger partial charge in [-0.25, -0.2) is 15.0 Å². The lowest BCUT2D eigenvalue weighted by molar-refractivity contribution is -0.139. The number of nitrogens with zero attached hydrogens (tertiary/aromatic N) is 3. The number of nitrogens with two attached hydrogens (primary N) is 1. The normalized spacial score (nSPS) is 14.0. The van der Waals surface area contributed by atoms with Gasteiger partial charge >= 0.3 is 6.18 Å². The van der Waals surface area contributed by atoms with Gasteiger partial charge in [-0.05, 0) is 41.4 Å². The van der Waals surface area contributed by atoms with Gasteiger partial charge in [-0.1, -0.05) is 19.1 Å². The molecular weight excluding hydrogens is 449 g/mol. The van der Waals surface area contributed by atoms with Crippen LogP contribution in [0.2, 0.25) is 0 Å². The van der Waals surface area contributed by atoms with Crippen molar-refractivity contribution in [3.05, 3.63) is 58.1 Å². The number of fused-ring (bicyclic) bond motifs is 1. The zero-order valence-electron chi connectivity index (χ0n) is 15.9. The predicted octanol–water partition coefficient (Wildman–Crippen LogP) is 5.40. The van der Waals surface area contributed by atoms with E-state index in [1.165, 1.54) is 6.07 Å². The summed E-state index contributed by atoms with van der Waals surface area (Å²) in [4.78, 5) is 13.0. The number of ether oxygens (including phenoxy) is 1. The summed E-state index contributed by atoms with van der Waals surface area (Å²) in [5, 5.41) is 0.798. The van der Waals surface area contributed by atoms with Crippen molar-refractivity contribution in [2.75, 3.05) is 6.61 Å². The van der Waals surface area contributed by atoms with Gasteiger partial charge in [0.2, 0.25) is 0 Å². The predicted molar refractivity (Wildman–Crippen MR) is 108 cm³/mol. The van der Waals surface area contributed by atoms with Crippen LogP contribution in [0.5, 0.6) is 5.75 Å². The summed E-state index contributed by atoms with van der Waals surface area (Å²) >= 11 is 3.35. The second-order valence-corrected chi connectivity index (χ2v) is 7.76. The molecule has 2 atom stereocenters. The minimum absolute atomic E-state index is 0.0726. The zero-order valence-corrected chi connectivity index (χ0v) is 17.5. The van der Waals surface area contributed by atoms with E-state index < -0.39 is 17.8 Å². The van der Waals surface area contributed by atoms with Crippen molar-refractivity contribution in [1.82, 2.24) is 15.0 Å². The minimum atomic E-state index is -4.52. The number of pyridine rings is 1. The van der Waals surface area contributed by atoms with E-state index in [1.807, 2.05) is 13.0 Å². The number of hydrogen-bond donors (Lipinski definition) is 1. The molecular formula is C20H20BrF3N4O. The summed E-state index contributed by atoms with van der Waals surface area (Å²) in [7, 11) is 0. The van der Waals surface area contributed by atoms with Crippen molar-refractivity contribution in [3.63, 3.8) is 0 Å². The molecule has 0 amide bonds. The van der Waals surface area contributed by atoms with E-state index in [2.05, 4.69) is 30.9 Å². The van der Waals surface area contributed by atoms with Crippen LogP contribution >= 0.6 is 15.9 Å². The molecule has 0 aliphatic carbocycles. The maximum atomic E-state index is 13.4. The quantitative estimate of drug-likeness (QED) is 0.524. The topological polar surface area (TPSA) is 73.9 Å². The maximum Gasteiger partial charge on any atom is 0.419 e. The smallest absolute Gasteiger partial charge is 0.419 e. The molecule has 2 aromatic heterocycles. The van der Waals surface area contributed by atoms with E-state index in [0.29, 0.717) is 23.5 Å². The highest BCUT2D eigenvalue weighted by atomic mass is 79.9. The third-order valence-corrected chi connectivity index (χ3v) is 4.93. The number of alkyl halides is 3. The third kappa shape index (κ3) is 5.02. The molecule has 0 saturated heterocycles. The van der Waals surface area contributed by atoms with Crippen molar-refractivity contribution in [3.8, 4) is 5.75 Å². The lowest BCUT2D eigenvalue weighted by atomic mass is 10.0. The first kappa shape index (κ1) is 21.4. The summed E-state index contributed by atoms with van der Waals surface area (Å²) in [5.41, 5.74) is 5.90. The summed E-state index contributed by atoms with van der Waals surface area (Å²) in [6, 6.07) is 5.17. The first-order chi connectivity index (χ1) is 13.7. The monoisotopic (exact) mass is 468 g/mol. The summed E-state index contributed by atoms with van der Waals surface area (Å²) < 4.78 is 46.5. The summed E-state index contributed by atoms with van der Waals surface area (Å²) in [6.07, 6.45) is -0.754. The molecule has 0 bridgehead atoms. The van der Waals surface area contributed by atoms with Gasteiger partial charge in [-0.15, -0.1) is 0 Å². The molecule has 3 aromatic rings. The molecule has 0 radical (unpaired) electrons. The summed E-state index contributed by atoms with van der Waals surface area (Å²) in [6.45, 7) is 3.59. The molecule has 5 nitrogen and oxygen atoms in total. The van der Waals surface area contributed by atoms with E-state index in [9.17, 15) is 13.2 Å². The van der Waals surface area contributed by atoms with Gasteiger partial charge < -0.3 is 10.5 Å². The molecule has 29 heavy (non-hydrogen) atoms. The van der Waals surface area contributed by atoms with Crippen molar-refractivity contribution >= 4 is 27.0 Å². The number of hydrogen-bond acceptors (Lipinski definition) is 5. The van der Waals surface area contributed by atoms with Crippen LogP contribution in [0.25, 0.3) is 11.0 Å². The third-order valence-electron chi connectivity index (χ3n) is 4.50. The van der Waals surface area contributed by atoms with Crippen LogP contribution in [0.3, 0.4) is 0 Å². The van der Waals surface area contributed by atoms with Crippen LogP contribution in [0.15, 0.2) is 41.1 Å². The zero-order chi connectivity index (χ0) is 21.2. The van der Waals surface area contributed by atoms with E-state index in [0.717, 1.165) is 15.9 Å². The fraction of sp³-hybridized carbons (Fsp3) is 0.350. The molecule has 0 saturated carbocycles. The Bertz CT molecular complexity index is 1010. The Hall–Kier alpha value is -2.26. The Morgan fingerprint density at radius 3 is 2.62 bits per heavy atom. The van der Waals surface area contributed by atoms with E-state index in [1.54, 1.807) is 25.4 Å². The Morgan fingerprint density at radius 1 is 1.17 bits per heavy atom. The van der Waals surface area contributed by atoms with Crippen molar-refractivity contribution in [2.24, 2.45) is 5.73 Å². The largest absolute Gasteiger partial charge is 0.493 e. The Balaban J connectivity index is 1.75. The van der Waals surface area contributed by atoms with E-state index in [-0.39, 0.29) is 18.3 Å². The molecule has 1 unspecified atom stereocenters. The second-order valence-electron chi connectivity index (χ2n) is 6.84. The Morgan fingerprint density at radius 2 is 1.93 bits per heavy atom. The minimum Gasteiger partial charge on any atom is -0.493 e. The highest BCUT2D eigenvalue weighted by Gasteiger charge is 2.35. The van der Waals surface area contributed by atoms with Gasteiger partial charge in [0.15, 0.2) is 5.65 Å². The van der Waals surface area contributed by atoms with Crippen LogP contribution in [-0.4, -0.2) is 21.6 Å². The average Bonchev–Trinajstić information content (AvgIpc) is 2.66.